The van der Waals surface area contributed by atoms with Crippen LogP contribution in [0.5, 0.6) is 0 Å². The molecule has 2 aliphatic heterocycles. The van der Waals surface area contributed by atoms with E-state index in [2.05, 4.69) is 211 Å². The Hall–Kier alpha value is -5.22. The Bertz CT molecular complexity index is 3320. The standard InChI is InChI=1S/C68H79BN2O/c1-39-31-56-60-57(32-39)71(54-24-21-44(63(4,5)6)33-46(54)42-19-17-16-18-20-42)55-37-51-50(66(11,12)29-30-67(51,13)14)36-53(55)69(60)59-47-35-52-58(40(2)43-25-26-68(52,15)38-43)41(3)61(47)72-62(59)70(56)45-22-23-48-49(34-45)65(9,10)28-27-64(48,7)8/h16-24,31-37,40-41,43,58H,25-30,38H2,1-15H3/t40?,41?,43?,58?,68-/m1/s1. The lowest BCUT2D eigenvalue weighted by molar-refractivity contribution is 0.162. The molecule has 3 heterocycles. The summed E-state index contributed by atoms with van der Waals surface area (Å²) < 4.78 is 7.86. The Morgan fingerprint density at radius 1 is 0.611 bits per heavy atom. The molecule has 370 valence electrons. The molecule has 0 radical (unpaired) electrons. The van der Waals surface area contributed by atoms with Crippen LogP contribution in [0.15, 0.2) is 101 Å². The van der Waals surface area contributed by atoms with Gasteiger partial charge in [0.2, 0.25) is 0 Å². The molecular formula is C68H79BN2O. The van der Waals surface area contributed by atoms with E-state index in [4.69, 9.17) is 4.42 Å². The molecule has 3 nitrogen and oxygen atoms in total. The lowest BCUT2D eigenvalue weighted by Gasteiger charge is -2.48. The first-order chi connectivity index (χ1) is 33.9. The SMILES string of the molecule is Cc1cc2c3c(c1)N(c1ccc4c(c1)C(C)(C)CCC4(C)C)c1oc4c(c1B3c1cc3c(cc1N2c1ccc(C(C)(C)C)cc1-c1ccccc1)C(C)(C)CCC3(C)C)C=C1C(C4C)C(C)C2CC[C@]1(C)C2. The number of fused-ring (bicyclic) bond motifs is 12. The summed E-state index contributed by atoms with van der Waals surface area (Å²) in [6, 6.07) is 36.5. The first kappa shape index (κ1) is 46.6. The Labute approximate surface area is 433 Å². The quantitative estimate of drug-likeness (QED) is 0.165. The summed E-state index contributed by atoms with van der Waals surface area (Å²) in [7, 11) is 0. The maximum Gasteiger partial charge on any atom is 0.257 e. The predicted octanol–water partition coefficient (Wildman–Crippen LogP) is 16.9. The predicted molar refractivity (Wildman–Crippen MR) is 307 cm³/mol. The smallest absolute Gasteiger partial charge is 0.257 e. The van der Waals surface area contributed by atoms with Gasteiger partial charge in [0.15, 0.2) is 5.88 Å². The number of benzene rings is 5. The Morgan fingerprint density at radius 2 is 1.24 bits per heavy atom. The van der Waals surface area contributed by atoms with Gasteiger partial charge < -0.3 is 9.32 Å². The minimum Gasteiger partial charge on any atom is -0.444 e. The van der Waals surface area contributed by atoms with Crippen LogP contribution < -0.4 is 26.2 Å². The molecule has 2 fully saturated rings. The van der Waals surface area contributed by atoms with Crippen LogP contribution in [0.3, 0.4) is 0 Å². The van der Waals surface area contributed by atoms with Gasteiger partial charge in [-0.2, -0.15) is 0 Å². The number of rotatable bonds is 3. The van der Waals surface area contributed by atoms with Gasteiger partial charge in [0.05, 0.1) is 5.69 Å². The van der Waals surface area contributed by atoms with E-state index >= 15 is 0 Å². The first-order valence-electron chi connectivity index (χ1n) is 28.1. The topological polar surface area (TPSA) is 19.6 Å². The Kier molecular flexibility index (Phi) is 9.68. The Morgan fingerprint density at radius 3 is 1.90 bits per heavy atom. The molecule has 0 spiro atoms. The number of furan rings is 1. The molecule has 4 unspecified atom stereocenters. The van der Waals surface area contributed by atoms with Crippen LogP contribution in [-0.4, -0.2) is 6.71 Å². The molecule has 0 N–H and O–H groups in total. The fraction of sp³-hybridized carbons (Fsp3) is 0.471. The lowest BCUT2D eigenvalue weighted by Crippen LogP contribution is -2.62. The zero-order valence-electron chi connectivity index (χ0n) is 46.4. The number of hydrogen-bond acceptors (Lipinski definition) is 3. The second-order valence-corrected chi connectivity index (χ2v) is 28.3. The van der Waals surface area contributed by atoms with Gasteiger partial charge in [-0.05, 0) is 194 Å². The molecule has 13 rings (SSSR count). The summed E-state index contributed by atoms with van der Waals surface area (Å²) in [5, 5.41) is 0. The van der Waals surface area contributed by atoms with Crippen molar-refractivity contribution in [1.82, 2.24) is 0 Å². The van der Waals surface area contributed by atoms with E-state index in [1.807, 2.05) is 0 Å². The highest BCUT2D eigenvalue weighted by molar-refractivity contribution is 7.00. The van der Waals surface area contributed by atoms with Gasteiger partial charge in [-0.15, -0.1) is 0 Å². The van der Waals surface area contributed by atoms with Crippen molar-refractivity contribution >= 4 is 63.5 Å². The third-order valence-corrected chi connectivity index (χ3v) is 20.8. The molecule has 5 aliphatic carbocycles. The van der Waals surface area contributed by atoms with E-state index in [1.54, 1.807) is 5.57 Å². The average Bonchev–Trinajstić information content (AvgIpc) is 3.90. The maximum absolute atomic E-state index is 7.86. The van der Waals surface area contributed by atoms with E-state index in [9.17, 15) is 0 Å². The fourth-order valence-corrected chi connectivity index (χ4v) is 16.1. The van der Waals surface area contributed by atoms with Crippen molar-refractivity contribution in [3.8, 4) is 11.1 Å². The molecule has 5 aromatic carbocycles. The highest BCUT2D eigenvalue weighted by atomic mass is 16.4. The van der Waals surface area contributed by atoms with Gasteiger partial charge in [0, 0.05) is 45.3 Å². The van der Waals surface area contributed by atoms with E-state index in [-0.39, 0.29) is 45.1 Å². The van der Waals surface area contributed by atoms with E-state index < -0.39 is 0 Å². The minimum atomic E-state index is -0.0282. The van der Waals surface area contributed by atoms with Gasteiger partial charge >= 0.3 is 0 Å². The van der Waals surface area contributed by atoms with Crippen LogP contribution in [0.25, 0.3) is 17.2 Å². The first-order valence-corrected chi connectivity index (χ1v) is 28.1. The van der Waals surface area contributed by atoms with Crippen molar-refractivity contribution in [2.24, 2.45) is 23.2 Å². The molecule has 4 heteroatoms. The van der Waals surface area contributed by atoms with Gasteiger partial charge in [-0.1, -0.05) is 157 Å². The summed E-state index contributed by atoms with van der Waals surface area (Å²) in [6.07, 6.45) is 11.4. The van der Waals surface area contributed by atoms with E-state index in [0.29, 0.717) is 11.8 Å². The molecule has 5 atom stereocenters. The highest BCUT2D eigenvalue weighted by Gasteiger charge is 2.56. The van der Waals surface area contributed by atoms with Crippen molar-refractivity contribution in [2.75, 3.05) is 9.80 Å². The van der Waals surface area contributed by atoms with Gasteiger partial charge in [-0.3, -0.25) is 4.90 Å². The second-order valence-electron chi connectivity index (χ2n) is 28.3. The number of hydrogen-bond donors (Lipinski definition) is 0. The van der Waals surface area contributed by atoms with Crippen LogP contribution >= 0.6 is 0 Å². The van der Waals surface area contributed by atoms with Crippen molar-refractivity contribution in [2.45, 2.75) is 182 Å². The molecule has 6 aromatic rings. The molecule has 0 amide bonds. The van der Waals surface area contributed by atoms with Crippen LogP contribution in [0.2, 0.25) is 0 Å². The van der Waals surface area contributed by atoms with Crippen LogP contribution in [0, 0.1) is 30.1 Å². The largest absolute Gasteiger partial charge is 0.444 e. The third kappa shape index (κ3) is 6.47. The molecule has 0 saturated heterocycles. The summed E-state index contributed by atoms with van der Waals surface area (Å²) in [6.45, 7) is 36.9. The highest BCUT2D eigenvalue weighted by Crippen LogP contribution is 2.64. The summed E-state index contributed by atoms with van der Waals surface area (Å²) >= 11 is 0. The summed E-state index contributed by atoms with van der Waals surface area (Å²) in [5.74, 6) is 4.43. The van der Waals surface area contributed by atoms with Crippen LogP contribution in [-0.2, 0) is 27.1 Å². The van der Waals surface area contributed by atoms with Crippen molar-refractivity contribution < 1.29 is 4.42 Å². The van der Waals surface area contributed by atoms with Crippen molar-refractivity contribution in [3.63, 3.8) is 0 Å². The number of aryl methyl sites for hydroxylation is 1. The summed E-state index contributed by atoms with van der Waals surface area (Å²) in [5.41, 5.74) is 25.1. The van der Waals surface area contributed by atoms with E-state index in [0.717, 1.165) is 11.8 Å². The Balaban J connectivity index is 1.16. The van der Waals surface area contributed by atoms with Gasteiger partial charge in [0.25, 0.3) is 6.71 Å². The maximum atomic E-state index is 7.86. The lowest BCUT2D eigenvalue weighted by atomic mass is 9.32. The van der Waals surface area contributed by atoms with Gasteiger partial charge in [0.1, 0.15) is 5.76 Å². The third-order valence-electron chi connectivity index (χ3n) is 20.8. The minimum absolute atomic E-state index is 0.0165. The van der Waals surface area contributed by atoms with Gasteiger partial charge in [-0.25, -0.2) is 0 Å². The summed E-state index contributed by atoms with van der Waals surface area (Å²) in [4.78, 5) is 5.33. The number of anilines is 6. The van der Waals surface area contributed by atoms with Crippen LogP contribution in [0.4, 0.5) is 34.3 Å². The van der Waals surface area contributed by atoms with Crippen molar-refractivity contribution in [3.05, 3.63) is 141 Å². The average molecular weight is 951 g/mol. The van der Waals surface area contributed by atoms with E-state index in [1.165, 1.54) is 146 Å². The molecular weight excluding hydrogens is 872 g/mol. The second kappa shape index (κ2) is 15.0. The number of allylic oxidation sites excluding steroid dienone is 1. The fourth-order valence-electron chi connectivity index (χ4n) is 16.1. The van der Waals surface area contributed by atoms with Crippen molar-refractivity contribution in [1.29, 1.82) is 0 Å². The monoisotopic (exact) mass is 951 g/mol. The number of nitrogens with zero attached hydrogens (tertiary/aromatic N) is 2. The molecule has 2 bridgehead atoms. The molecule has 72 heavy (non-hydrogen) atoms. The zero-order chi connectivity index (χ0) is 50.6. The van der Waals surface area contributed by atoms with Crippen LogP contribution in [0.1, 0.15) is 193 Å². The normalized spacial score (nSPS) is 26.4. The zero-order valence-corrected chi connectivity index (χ0v) is 46.4. The molecule has 7 aliphatic rings. The molecule has 2 saturated carbocycles. The molecule has 1 aromatic heterocycles.